The molecule has 2 saturated carbocycles. The number of carbonyl (C=O) groups excluding carboxylic acids is 5. The molecule has 0 bridgehead atoms. The van der Waals surface area contributed by atoms with Gasteiger partial charge in [-0.15, -0.1) is 0 Å². The molecule has 0 aromatic heterocycles. The van der Waals surface area contributed by atoms with E-state index in [2.05, 4.69) is 26.2 Å². The number of halogens is 1. The Kier molecular flexibility index (Phi) is 13.2. The smallest absolute Gasteiger partial charge is 0.289 e. The topological polar surface area (TPSA) is 208 Å². The molecule has 294 valence electrons. The molecular formula is C39H55ClN8O6. The number of nitrogens with zero attached hydrogens (tertiary/aromatic N) is 3. The molecule has 0 radical (unpaired) electrons. The number of rotatable bonds is 15. The van der Waals surface area contributed by atoms with Crippen LogP contribution >= 0.6 is 11.6 Å². The summed E-state index contributed by atoms with van der Waals surface area (Å²) < 4.78 is 0. The molecule has 5 atom stereocenters. The summed E-state index contributed by atoms with van der Waals surface area (Å²) in [4.78, 5) is 77.0. The van der Waals surface area contributed by atoms with Crippen molar-refractivity contribution in [1.29, 1.82) is 5.41 Å². The second-order valence-corrected chi connectivity index (χ2v) is 16.9. The fraction of sp³-hybridized carbons (Fsp3) is 0.641. The summed E-state index contributed by atoms with van der Waals surface area (Å²) in [7, 11) is 0. The van der Waals surface area contributed by atoms with E-state index in [1.807, 2.05) is 33.8 Å². The number of hydrogen-bond donors (Lipinski definition) is 5. The molecule has 0 unspecified atom stereocenters. The van der Waals surface area contributed by atoms with Crippen LogP contribution in [0.2, 0.25) is 5.02 Å². The van der Waals surface area contributed by atoms with E-state index in [1.54, 1.807) is 18.2 Å². The molecule has 2 heterocycles. The van der Waals surface area contributed by atoms with Crippen molar-refractivity contribution in [3.63, 3.8) is 0 Å². The lowest BCUT2D eigenvalue weighted by atomic mass is 9.76. The quantitative estimate of drug-likeness (QED) is 0.0766. The number of oxime groups is 1. The molecule has 4 amide bonds. The Balaban J connectivity index is 1.43. The van der Waals surface area contributed by atoms with E-state index in [9.17, 15) is 24.0 Å². The van der Waals surface area contributed by atoms with Crippen LogP contribution in [0.1, 0.15) is 110 Å². The number of Topliss-reactive ketones (excluding diaryl/α,β-unsaturated/α-hetero) is 1. The molecule has 14 nitrogen and oxygen atoms in total. The second kappa shape index (κ2) is 17.4. The van der Waals surface area contributed by atoms with Crippen LogP contribution in [0.3, 0.4) is 0 Å². The summed E-state index contributed by atoms with van der Waals surface area (Å²) in [6, 6.07) is 3.90. The largest absolute Gasteiger partial charge is 0.387 e. The lowest BCUT2D eigenvalue weighted by Crippen LogP contribution is -2.60. The van der Waals surface area contributed by atoms with Crippen LogP contribution in [0.25, 0.3) is 0 Å². The van der Waals surface area contributed by atoms with Crippen molar-refractivity contribution in [3.05, 3.63) is 34.9 Å². The third-order valence-electron chi connectivity index (χ3n) is 11.0. The average Bonchev–Trinajstić information content (AvgIpc) is 3.74. The van der Waals surface area contributed by atoms with Crippen LogP contribution in [-0.2, 0) is 28.8 Å². The molecule has 2 aliphatic carbocycles. The van der Waals surface area contributed by atoms with Crippen LogP contribution in [0.5, 0.6) is 0 Å². The van der Waals surface area contributed by atoms with Gasteiger partial charge in [0, 0.05) is 48.0 Å². The SMILES string of the molecule is CCC[C@H](NC(=O)[C@@H]1C[C@]2(CC(c3cccc(Cl)c3)=NO2)CN1C(=O)[C@@H](NC(=O)[C@@H](C/C(C=N)=N/N)C1CCCCC1)C(C)(C)C)C(=O)C(=O)NC1CC1. The van der Waals surface area contributed by atoms with Crippen LogP contribution < -0.4 is 21.8 Å². The zero-order chi connectivity index (χ0) is 39.2. The Morgan fingerprint density at radius 1 is 1.13 bits per heavy atom. The lowest BCUT2D eigenvalue weighted by Gasteiger charge is -2.37. The van der Waals surface area contributed by atoms with Crippen molar-refractivity contribution in [2.24, 2.45) is 33.4 Å². The monoisotopic (exact) mass is 766 g/mol. The first-order valence-corrected chi connectivity index (χ1v) is 19.6. The van der Waals surface area contributed by atoms with E-state index in [0.29, 0.717) is 17.2 Å². The van der Waals surface area contributed by atoms with Gasteiger partial charge < -0.3 is 36.9 Å². The van der Waals surface area contributed by atoms with Gasteiger partial charge in [0.2, 0.25) is 23.5 Å². The number of nitrogens with one attached hydrogen (secondary N) is 4. The van der Waals surface area contributed by atoms with Gasteiger partial charge in [-0.3, -0.25) is 24.0 Å². The maximum absolute atomic E-state index is 14.9. The van der Waals surface area contributed by atoms with Crippen molar-refractivity contribution in [2.45, 2.75) is 135 Å². The number of likely N-dealkylation sites (tertiary alicyclic amines) is 1. The molecule has 6 N–H and O–H groups in total. The fourth-order valence-corrected chi connectivity index (χ4v) is 8.06. The highest BCUT2D eigenvalue weighted by molar-refractivity contribution is 6.38. The highest BCUT2D eigenvalue weighted by Gasteiger charge is 2.56. The number of ketones is 1. The van der Waals surface area contributed by atoms with E-state index in [4.69, 9.17) is 27.7 Å². The Hall–Kier alpha value is -4.33. The maximum Gasteiger partial charge on any atom is 0.289 e. The number of hydrogen-bond acceptors (Lipinski definition) is 10. The first-order chi connectivity index (χ1) is 25.7. The summed E-state index contributed by atoms with van der Waals surface area (Å²) in [5.74, 6) is 2.14. The van der Waals surface area contributed by atoms with E-state index in [0.717, 1.165) is 56.7 Å². The van der Waals surface area contributed by atoms with Crippen LogP contribution in [-0.4, -0.2) is 88.3 Å². The predicted molar refractivity (Wildman–Crippen MR) is 206 cm³/mol. The molecule has 1 spiro atoms. The van der Waals surface area contributed by atoms with E-state index in [-0.39, 0.29) is 55.8 Å². The Morgan fingerprint density at radius 3 is 2.46 bits per heavy atom. The summed E-state index contributed by atoms with van der Waals surface area (Å²) in [5, 5.41) is 25.0. The summed E-state index contributed by atoms with van der Waals surface area (Å²) >= 11 is 6.28. The van der Waals surface area contributed by atoms with Crippen molar-refractivity contribution in [3.8, 4) is 0 Å². The van der Waals surface area contributed by atoms with Gasteiger partial charge in [0.25, 0.3) is 5.91 Å². The van der Waals surface area contributed by atoms with Gasteiger partial charge in [-0.05, 0) is 55.6 Å². The standard InChI is InChI=1S/C39H55ClN8O6/c1-5-10-29(32(49)36(52)43-26-15-16-26)44-35(51)31-20-39(19-30(47-54-39)24-13-9-14-25(40)17-24)22-48(31)37(53)33(38(2,3)4)45-34(50)28(18-27(21-41)46-42)23-11-7-6-8-12-23/h9,13-14,17,21,23,26,28-29,31,33,41H,5-8,10-12,15-16,18-20,22,42H2,1-4H3,(H,43,52)(H,44,51)(H,45,50)/b41-21?,46-27-/t28-,29-,31-,33+,39+/m0/s1. The van der Waals surface area contributed by atoms with Crippen LogP contribution in [0.4, 0.5) is 0 Å². The second-order valence-electron chi connectivity index (χ2n) is 16.4. The van der Waals surface area contributed by atoms with E-state index < -0.39 is 58.6 Å². The molecule has 3 fully saturated rings. The third-order valence-corrected chi connectivity index (χ3v) is 11.3. The normalized spacial score (nSPS) is 23.5. The lowest BCUT2D eigenvalue weighted by molar-refractivity contribution is -0.146. The number of carbonyl (C=O) groups is 5. The molecule has 2 aliphatic heterocycles. The summed E-state index contributed by atoms with van der Waals surface area (Å²) in [6.45, 7) is 7.37. The summed E-state index contributed by atoms with van der Waals surface area (Å²) in [5.41, 5.74) is -0.224. The highest BCUT2D eigenvalue weighted by Crippen LogP contribution is 2.41. The zero-order valence-corrected chi connectivity index (χ0v) is 32.5. The Morgan fingerprint density at radius 2 is 1.85 bits per heavy atom. The maximum atomic E-state index is 14.9. The molecule has 5 rings (SSSR count). The minimum absolute atomic E-state index is 0.0155. The van der Waals surface area contributed by atoms with Crippen molar-refractivity contribution in [2.75, 3.05) is 6.54 Å². The van der Waals surface area contributed by atoms with Gasteiger partial charge in [0.15, 0.2) is 5.60 Å². The number of hydrazone groups is 1. The predicted octanol–water partition coefficient (Wildman–Crippen LogP) is 4.02. The van der Waals surface area contributed by atoms with Crippen LogP contribution in [0.15, 0.2) is 34.5 Å². The molecule has 4 aliphatic rings. The Labute approximate surface area is 322 Å². The molecule has 1 aromatic carbocycles. The van der Waals surface area contributed by atoms with Gasteiger partial charge in [0.1, 0.15) is 12.1 Å². The van der Waals surface area contributed by atoms with Gasteiger partial charge in [-0.2, -0.15) is 5.10 Å². The van der Waals surface area contributed by atoms with Gasteiger partial charge in [-0.1, -0.05) is 82.3 Å². The molecule has 1 saturated heterocycles. The molecule has 15 heteroatoms. The Bertz CT molecular complexity index is 1670. The summed E-state index contributed by atoms with van der Waals surface area (Å²) in [6.07, 6.45) is 8.64. The van der Waals surface area contributed by atoms with E-state index in [1.165, 1.54) is 4.90 Å². The minimum Gasteiger partial charge on any atom is -0.387 e. The van der Waals surface area contributed by atoms with Crippen molar-refractivity contribution >= 4 is 58.7 Å². The number of nitrogens with two attached hydrogens (primary N) is 1. The van der Waals surface area contributed by atoms with E-state index >= 15 is 0 Å². The fourth-order valence-electron chi connectivity index (χ4n) is 7.87. The first-order valence-electron chi connectivity index (χ1n) is 19.2. The molecule has 54 heavy (non-hydrogen) atoms. The number of amides is 4. The molecular weight excluding hydrogens is 712 g/mol. The number of benzene rings is 1. The van der Waals surface area contributed by atoms with Crippen molar-refractivity contribution in [1.82, 2.24) is 20.9 Å². The average molecular weight is 767 g/mol. The highest BCUT2D eigenvalue weighted by atomic mass is 35.5. The molecule has 1 aromatic rings. The van der Waals surface area contributed by atoms with Gasteiger partial charge in [-0.25, -0.2) is 0 Å². The first kappa shape index (κ1) is 40.8. The van der Waals surface area contributed by atoms with Crippen LogP contribution in [0, 0.1) is 22.7 Å². The minimum atomic E-state index is -1.10. The third kappa shape index (κ3) is 9.85. The van der Waals surface area contributed by atoms with Crippen molar-refractivity contribution < 1.29 is 28.8 Å². The van der Waals surface area contributed by atoms with Gasteiger partial charge >= 0.3 is 0 Å². The van der Waals surface area contributed by atoms with Gasteiger partial charge in [0.05, 0.1) is 24.0 Å². The zero-order valence-electron chi connectivity index (χ0n) is 31.8.